The molecule has 1 saturated heterocycles. The standard InChI is InChI=1S/C14H22N4O6/c1-6(2)9(12(16)22)14(11(21)10(20)7(5-19)24-14)18-4-3-8(15)17-13(18)23/h3-4,6-7,9-11,19-21H,5H2,1-2H3,(H2,16,22)(H2,15,17,23)/t7-,9?,10-,11-,14-/m1/s1. The minimum absolute atomic E-state index is 0.0571. The fraction of sp³-hybridized carbons (Fsp3) is 0.643. The first kappa shape index (κ1) is 18.3. The second-order valence-corrected chi connectivity index (χ2v) is 6.16. The number of nitrogens with zero attached hydrogens (tertiary/aromatic N) is 2. The summed E-state index contributed by atoms with van der Waals surface area (Å²) in [6.45, 7) is 2.68. The molecule has 1 aliphatic heterocycles. The molecule has 1 amide bonds. The third-order valence-electron chi connectivity index (χ3n) is 4.27. The fourth-order valence-electron chi connectivity index (χ4n) is 3.27. The summed E-state index contributed by atoms with van der Waals surface area (Å²) in [4.78, 5) is 27.9. The molecular weight excluding hydrogens is 320 g/mol. The quantitative estimate of drug-likeness (QED) is 0.385. The van der Waals surface area contributed by atoms with E-state index in [0.717, 1.165) is 4.57 Å². The Kier molecular flexibility index (Phi) is 4.95. The van der Waals surface area contributed by atoms with Gasteiger partial charge in [-0.15, -0.1) is 0 Å². The summed E-state index contributed by atoms with van der Waals surface area (Å²) < 4.78 is 6.54. The summed E-state index contributed by atoms with van der Waals surface area (Å²) in [7, 11) is 0. The Labute approximate surface area is 137 Å². The number of aliphatic hydroxyl groups excluding tert-OH is 3. The molecule has 0 aliphatic carbocycles. The minimum atomic E-state index is -2.01. The number of hydrogen-bond acceptors (Lipinski definition) is 8. The predicted molar refractivity (Wildman–Crippen MR) is 82.4 cm³/mol. The van der Waals surface area contributed by atoms with Crippen molar-refractivity contribution in [1.82, 2.24) is 9.55 Å². The number of ether oxygens (including phenoxy) is 1. The normalized spacial score (nSPS) is 31.3. The van der Waals surface area contributed by atoms with Crippen molar-refractivity contribution in [3.63, 3.8) is 0 Å². The van der Waals surface area contributed by atoms with E-state index in [2.05, 4.69) is 4.98 Å². The Balaban J connectivity index is 2.75. The van der Waals surface area contributed by atoms with Crippen LogP contribution in [0.25, 0.3) is 0 Å². The van der Waals surface area contributed by atoms with Gasteiger partial charge in [0.2, 0.25) is 5.91 Å². The molecule has 7 N–H and O–H groups in total. The largest absolute Gasteiger partial charge is 0.394 e. The van der Waals surface area contributed by atoms with Crippen LogP contribution in [0.5, 0.6) is 0 Å². The summed E-state index contributed by atoms with van der Waals surface area (Å²) >= 11 is 0. The zero-order valence-electron chi connectivity index (χ0n) is 13.4. The monoisotopic (exact) mass is 342 g/mol. The number of nitrogen functional groups attached to an aromatic ring is 1. The molecular formula is C14H22N4O6. The summed E-state index contributed by atoms with van der Waals surface area (Å²) in [6.07, 6.45) is -3.22. The lowest BCUT2D eigenvalue weighted by Gasteiger charge is -2.40. The maximum atomic E-state index is 12.3. The molecule has 134 valence electrons. The Hall–Kier alpha value is -2.01. The maximum Gasteiger partial charge on any atom is 0.351 e. The molecule has 0 spiro atoms. The zero-order chi connectivity index (χ0) is 18.2. The molecule has 10 nitrogen and oxygen atoms in total. The zero-order valence-corrected chi connectivity index (χ0v) is 13.4. The van der Waals surface area contributed by atoms with E-state index in [9.17, 15) is 24.9 Å². The number of carbonyl (C=O) groups is 1. The highest BCUT2D eigenvalue weighted by molar-refractivity contribution is 5.78. The van der Waals surface area contributed by atoms with Crippen molar-refractivity contribution in [2.24, 2.45) is 17.6 Å². The van der Waals surface area contributed by atoms with E-state index in [-0.39, 0.29) is 5.82 Å². The molecule has 5 atom stereocenters. The van der Waals surface area contributed by atoms with Gasteiger partial charge in [-0.05, 0) is 12.0 Å². The first-order valence-electron chi connectivity index (χ1n) is 7.46. The van der Waals surface area contributed by atoms with E-state index in [1.165, 1.54) is 12.3 Å². The van der Waals surface area contributed by atoms with Crippen molar-refractivity contribution in [2.75, 3.05) is 12.3 Å². The van der Waals surface area contributed by atoms with Crippen molar-refractivity contribution in [2.45, 2.75) is 37.9 Å². The number of rotatable bonds is 5. The van der Waals surface area contributed by atoms with E-state index in [4.69, 9.17) is 16.2 Å². The molecule has 0 radical (unpaired) electrons. The first-order valence-corrected chi connectivity index (χ1v) is 7.46. The minimum Gasteiger partial charge on any atom is -0.394 e. The van der Waals surface area contributed by atoms with Gasteiger partial charge in [-0.1, -0.05) is 13.8 Å². The highest BCUT2D eigenvalue weighted by Crippen LogP contribution is 2.43. The predicted octanol–water partition coefficient (Wildman–Crippen LogP) is -2.65. The van der Waals surface area contributed by atoms with Crippen LogP contribution in [0.1, 0.15) is 13.8 Å². The number of nitrogens with two attached hydrogens (primary N) is 2. The average molecular weight is 342 g/mol. The molecule has 0 bridgehead atoms. The molecule has 2 heterocycles. The van der Waals surface area contributed by atoms with Gasteiger partial charge in [-0.25, -0.2) is 4.79 Å². The molecule has 1 aromatic rings. The van der Waals surface area contributed by atoms with Gasteiger partial charge in [0, 0.05) is 6.20 Å². The van der Waals surface area contributed by atoms with E-state index < -0.39 is 54.1 Å². The molecule has 10 heteroatoms. The third kappa shape index (κ3) is 2.67. The van der Waals surface area contributed by atoms with Gasteiger partial charge in [-0.3, -0.25) is 9.36 Å². The van der Waals surface area contributed by atoms with Gasteiger partial charge < -0.3 is 31.5 Å². The van der Waals surface area contributed by atoms with Crippen LogP contribution in [0.15, 0.2) is 17.1 Å². The van der Waals surface area contributed by atoms with Gasteiger partial charge in [0.25, 0.3) is 0 Å². The lowest BCUT2D eigenvalue weighted by molar-refractivity contribution is -0.197. The third-order valence-corrected chi connectivity index (χ3v) is 4.27. The second-order valence-electron chi connectivity index (χ2n) is 6.16. The van der Waals surface area contributed by atoms with Crippen molar-refractivity contribution in [3.8, 4) is 0 Å². The number of anilines is 1. The molecule has 0 aromatic carbocycles. The van der Waals surface area contributed by atoms with Crippen LogP contribution < -0.4 is 17.2 Å². The van der Waals surface area contributed by atoms with E-state index >= 15 is 0 Å². The Bertz CT molecular complexity index is 677. The first-order chi connectivity index (χ1) is 11.2. The van der Waals surface area contributed by atoms with Gasteiger partial charge in [0.1, 0.15) is 24.1 Å². The number of aliphatic hydroxyl groups is 3. The van der Waals surface area contributed by atoms with Crippen LogP contribution in [0.2, 0.25) is 0 Å². The van der Waals surface area contributed by atoms with Crippen molar-refractivity contribution < 1.29 is 24.9 Å². The number of aromatic nitrogens is 2. The molecule has 1 aliphatic rings. The van der Waals surface area contributed by atoms with Crippen LogP contribution >= 0.6 is 0 Å². The van der Waals surface area contributed by atoms with Gasteiger partial charge >= 0.3 is 5.69 Å². The number of carbonyl (C=O) groups excluding carboxylic acids is 1. The summed E-state index contributed by atoms with van der Waals surface area (Å²) in [5, 5.41) is 30.1. The Morgan fingerprint density at radius 2 is 2.12 bits per heavy atom. The van der Waals surface area contributed by atoms with Crippen LogP contribution in [0, 0.1) is 11.8 Å². The van der Waals surface area contributed by atoms with Crippen LogP contribution in [-0.2, 0) is 15.3 Å². The van der Waals surface area contributed by atoms with Crippen molar-refractivity contribution in [3.05, 3.63) is 22.7 Å². The van der Waals surface area contributed by atoms with E-state index in [0.29, 0.717) is 0 Å². The topological polar surface area (TPSA) is 174 Å². The van der Waals surface area contributed by atoms with E-state index in [1.54, 1.807) is 13.8 Å². The number of amides is 1. The Morgan fingerprint density at radius 1 is 1.50 bits per heavy atom. The highest BCUT2D eigenvalue weighted by Gasteiger charge is 2.62. The van der Waals surface area contributed by atoms with Gasteiger partial charge in [0.15, 0.2) is 5.72 Å². The number of primary amides is 1. The number of hydrogen-bond donors (Lipinski definition) is 5. The summed E-state index contributed by atoms with van der Waals surface area (Å²) in [5.74, 6) is -2.52. The van der Waals surface area contributed by atoms with Crippen LogP contribution in [0.4, 0.5) is 5.82 Å². The average Bonchev–Trinajstić information content (AvgIpc) is 2.72. The Morgan fingerprint density at radius 3 is 2.54 bits per heavy atom. The summed E-state index contributed by atoms with van der Waals surface area (Å²) in [6, 6.07) is 1.29. The molecule has 1 aromatic heterocycles. The van der Waals surface area contributed by atoms with Crippen molar-refractivity contribution >= 4 is 11.7 Å². The van der Waals surface area contributed by atoms with Crippen LogP contribution in [-0.4, -0.2) is 55.7 Å². The molecule has 1 fully saturated rings. The van der Waals surface area contributed by atoms with Gasteiger partial charge in [0.05, 0.1) is 12.5 Å². The second kappa shape index (κ2) is 6.48. The molecule has 24 heavy (non-hydrogen) atoms. The fourth-order valence-corrected chi connectivity index (χ4v) is 3.27. The SMILES string of the molecule is CC(C)C(C(N)=O)[C@@]1(n2ccc(N)nc2=O)O[C@H](CO)[C@@H](O)[C@H]1O. The van der Waals surface area contributed by atoms with Crippen LogP contribution in [0.3, 0.4) is 0 Å². The van der Waals surface area contributed by atoms with Crippen molar-refractivity contribution in [1.29, 1.82) is 0 Å². The lowest BCUT2D eigenvalue weighted by atomic mass is 9.80. The molecule has 2 rings (SSSR count). The van der Waals surface area contributed by atoms with Gasteiger partial charge in [-0.2, -0.15) is 4.98 Å². The molecule has 1 unspecified atom stereocenters. The lowest BCUT2D eigenvalue weighted by Crippen LogP contribution is -2.59. The molecule has 0 saturated carbocycles. The maximum absolute atomic E-state index is 12.3. The van der Waals surface area contributed by atoms with E-state index in [1.807, 2.05) is 0 Å². The smallest absolute Gasteiger partial charge is 0.351 e. The highest BCUT2D eigenvalue weighted by atomic mass is 16.6. The summed E-state index contributed by atoms with van der Waals surface area (Å²) in [5.41, 5.74) is 8.06.